The summed E-state index contributed by atoms with van der Waals surface area (Å²) in [5.74, 6) is 7.14. The Bertz CT molecular complexity index is 645. The van der Waals surface area contributed by atoms with Gasteiger partial charge in [-0.15, -0.1) is 0 Å². The lowest BCUT2D eigenvalue weighted by molar-refractivity contribution is 0.112. The first kappa shape index (κ1) is 15.1. The number of methoxy groups -OCH3 is 2. The molecule has 1 heterocycles. The highest BCUT2D eigenvalue weighted by molar-refractivity contribution is 5.89. The van der Waals surface area contributed by atoms with E-state index in [0.717, 1.165) is 17.4 Å². The molecular weight excluding hydrogens is 268 g/mol. The van der Waals surface area contributed by atoms with Crippen molar-refractivity contribution in [3.05, 3.63) is 29.3 Å². The van der Waals surface area contributed by atoms with Crippen molar-refractivity contribution in [1.29, 1.82) is 0 Å². The SMILES string of the molecule is COCC#CC1=CC(C)(C)Oc2c(OC)cc(C=O)cc21. The summed E-state index contributed by atoms with van der Waals surface area (Å²) in [6.07, 6.45) is 2.72. The van der Waals surface area contributed by atoms with Crippen molar-refractivity contribution >= 4 is 11.9 Å². The Morgan fingerprint density at radius 2 is 2.10 bits per heavy atom. The van der Waals surface area contributed by atoms with Gasteiger partial charge in [0.1, 0.15) is 18.5 Å². The molecule has 0 N–H and O–H groups in total. The first-order valence-electron chi connectivity index (χ1n) is 6.58. The summed E-state index contributed by atoms with van der Waals surface area (Å²) in [4.78, 5) is 11.1. The molecule has 110 valence electrons. The number of hydrogen-bond acceptors (Lipinski definition) is 4. The van der Waals surface area contributed by atoms with Gasteiger partial charge in [0.05, 0.1) is 7.11 Å². The van der Waals surface area contributed by atoms with E-state index in [1.807, 2.05) is 19.9 Å². The molecule has 0 fully saturated rings. The first-order valence-corrected chi connectivity index (χ1v) is 6.58. The molecule has 0 atom stereocenters. The summed E-state index contributed by atoms with van der Waals surface area (Å²) >= 11 is 0. The second-order valence-corrected chi connectivity index (χ2v) is 5.22. The fourth-order valence-corrected chi connectivity index (χ4v) is 2.17. The molecule has 0 saturated carbocycles. The number of carbonyl (C=O) groups excluding carboxylic acids is 1. The molecule has 0 spiro atoms. The van der Waals surface area contributed by atoms with E-state index >= 15 is 0 Å². The standard InChI is InChI=1S/C17H18O4/c1-17(2)10-13(6-5-7-19-3)14-8-12(11-18)9-15(20-4)16(14)21-17/h8-11H,7H2,1-4H3. The Balaban J connectivity index is 2.60. The predicted octanol–water partition coefficient (Wildman–Crippen LogP) is 2.71. The van der Waals surface area contributed by atoms with Crippen LogP contribution in [-0.2, 0) is 4.74 Å². The third kappa shape index (κ3) is 3.26. The third-order valence-corrected chi connectivity index (χ3v) is 3.02. The largest absolute Gasteiger partial charge is 0.493 e. The van der Waals surface area contributed by atoms with Crippen LogP contribution in [0.1, 0.15) is 29.8 Å². The van der Waals surface area contributed by atoms with Gasteiger partial charge in [-0.1, -0.05) is 11.8 Å². The van der Waals surface area contributed by atoms with Crippen molar-refractivity contribution in [2.45, 2.75) is 19.4 Å². The van der Waals surface area contributed by atoms with Gasteiger partial charge < -0.3 is 14.2 Å². The molecule has 0 saturated heterocycles. The number of ether oxygens (including phenoxy) is 3. The molecule has 21 heavy (non-hydrogen) atoms. The third-order valence-electron chi connectivity index (χ3n) is 3.02. The lowest BCUT2D eigenvalue weighted by atomic mass is 9.93. The maximum Gasteiger partial charge on any atom is 0.170 e. The Hall–Kier alpha value is -2.25. The quantitative estimate of drug-likeness (QED) is 0.633. The van der Waals surface area contributed by atoms with Gasteiger partial charge in [-0.2, -0.15) is 0 Å². The van der Waals surface area contributed by atoms with E-state index in [1.54, 1.807) is 26.4 Å². The highest BCUT2D eigenvalue weighted by Crippen LogP contribution is 2.42. The van der Waals surface area contributed by atoms with Crippen molar-refractivity contribution in [1.82, 2.24) is 0 Å². The summed E-state index contributed by atoms with van der Waals surface area (Å²) in [7, 11) is 3.15. The van der Waals surface area contributed by atoms with Crippen LogP contribution >= 0.6 is 0 Å². The Labute approximate surface area is 124 Å². The van der Waals surface area contributed by atoms with E-state index in [-0.39, 0.29) is 0 Å². The summed E-state index contributed by atoms with van der Waals surface area (Å²) in [6, 6.07) is 3.42. The maximum absolute atomic E-state index is 11.1. The van der Waals surface area contributed by atoms with Crippen molar-refractivity contribution in [2.75, 3.05) is 20.8 Å². The van der Waals surface area contributed by atoms with Crippen LogP contribution in [0.15, 0.2) is 18.2 Å². The highest BCUT2D eigenvalue weighted by Gasteiger charge is 2.29. The minimum atomic E-state index is -0.500. The predicted molar refractivity (Wildman–Crippen MR) is 80.7 cm³/mol. The Morgan fingerprint density at radius 1 is 1.33 bits per heavy atom. The fraction of sp³-hybridized carbons (Fsp3) is 0.353. The van der Waals surface area contributed by atoms with Crippen LogP contribution in [0.2, 0.25) is 0 Å². The average Bonchev–Trinajstić information content (AvgIpc) is 2.45. The minimum absolute atomic E-state index is 0.346. The van der Waals surface area contributed by atoms with E-state index in [2.05, 4.69) is 11.8 Å². The van der Waals surface area contributed by atoms with E-state index in [4.69, 9.17) is 14.2 Å². The monoisotopic (exact) mass is 286 g/mol. The molecule has 0 aromatic heterocycles. The summed E-state index contributed by atoms with van der Waals surface area (Å²) in [5.41, 5.74) is 1.59. The number of rotatable bonds is 3. The molecule has 1 aliphatic heterocycles. The van der Waals surface area contributed by atoms with Crippen molar-refractivity contribution in [3.8, 4) is 23.3 Å². The van der Waals surface area contributed by atoms with Gasteiger partial charge in [0.25, 0.3) is 0 Å². The van der Waals surface area contributed by atoms with Crippen molar-refractivity contribution in [3.63, 3.8) is 0 Å². The van der Waals surface area contributed by atoms with Crippen molar-refractivity contribution < 1.29 is 19.0 Å². The van der Waals surface area contributed by atoms with E-state index in [1.165, 1.54) is 0 Å². The summed E-state index contributed by atoms with van der Waals surface area (Å²) in [5, 5.41) is 0. The van der Waals surface area contributed by atoms with Gasteiger partial charge in [-0.25, -0.2) is 0 Å². The van der Waals surface area contributed by atoms with E-state index in [9.17, 15) is 4.79 Å². The molecule has 1 aromatic rings. The average molecular weight is 286 g/mol. The lowest BCUT2D eigenvalue weighted by Gasteiger charge is -2.30. The zero-order valence-corrected chi connectivity index (χ0v) is 12.6. The second-order valence-electron chi connectivity index (χ2n) is 5.22. The molecule has 4 nitrogen and oxygen atoms in total. The number of fused-ring (bicyclic) bond motifs is 1. The van der Waals surface area contributed by atoms with Crippen LogP contribution in [0, 0.1) is 11.8 Å². The van der Waals surface area contributed by atoms with E-state index < -0.39 is 5.60 Å². The van der Waals surface area contributed by atoms with Crippen LogP contribution in [0.5, 0.6) is 11.5 Å². The Morgan fingerprint density at radius 3 is 2.71 bits per heavy atom. The first-order chi connectivity index (χ1) is 10.0. The molecule has 0 aliphatic carbocycles. The fourth-order valence-electron chi connectivity index (χ4n) is 2.17. The number of aldehydes is 1. The van der Waals surface area contributed by atoms with Crippen LogP contribution in [0.4, 0.5) is 0 Å². The zero-order chi connectivity index (χ0) is 15.5. The molecular formula is C17H18O4. The molecule has 0 amide bonds. The van der Waals surface area contributed by atoms with Gasteiger partial charge in [0, 0.05) is 23.8 Å². The molecule has 0 radical (unpaired) electrons. The molecule has 1 aromatic carbocycles. The van der Waals surface area contributed by atoms with Crippen LogP contribution in [0.3, 0.4) is 0 Å². The number of hydrogen-bond donors (Lipinski definition) is 0. The van der Waals surface area contributed by atoms with Gasteiger partial charge in [0.15, 0.2) is 11.5 Å². The Kier molecular flexibility index (Phi) is 4.35. The molecule has 2 rings (SSSR count). The van der Waals surface area contributed by atoms with Gasteiger partial charge >= 0.3 is 0 Å². The summed E-state index contributed by atoms with van der Waals surface area (Å²) in [6.45, 7) is 4.24. The van der Waals surface area contributed by atoms with E-state index in [0.29, 0.717) is 23.7 Å². The number of benzene rings is 1. The molecule has 1 aliphatic rings. The summed E-state index contributed by atoms with van der Waals surface area (Å²) < 4.78 is 16.2. The second kappa shape index (κ2) is 6.02. The molecule has 4 heteroatoms. The van der Waals surface area contributed by atoms with Crippen LogP contribution < -0.4 is 9.47 Å². The van der Waals surface area contributed by atoms with Crippen LogP contribution in [0.25, 0.3) is 5.57 Å². The van der Waals surface area contributed by atoms with Crippen molar-refractivity contribution in [2.24, 2.45) is 0 Å². The normalized spacial score (nSPS) is 15.0. The van der Waals surface area contributed by atoms with Gasteiger partial charge in [0.2, 0.25) is 0 Å². The highest BCUT2D eigenvalue weighted by atomic mass is 16.5. The number of carbonyl (C=O) groups is 1. The maximum atomic E-state index is 11.1. The molecule has 0 bridgehead atoms. The van der Waals surface area contributed by atoms with Gasteiger partial charge in [-0.3, -0.25) is 4.79 Å². The van der Waals surface area contributed by atoms with Crippen LogP contribution in [-0.4, -0.2) is 32.7 Å². The zero-order valence-electron chi connectivity index (χ0n) is 12.6. The smallest absolute Gasteiger partial charge is 0.170 e. The topological polar surface area (TPSA) is 44.8 Å². The number of allylic oxidation sites excluding steroid dienone is 1. The van der Waals surface area contributed by atoms with Gasteiger partial charge in [-0.05, 0) is 32.1 Å². The molecule has 0 unspecified atom stereocenters. The lowest BCUT2D eigenvalue weighted by Crippen LogP contribution is -2.29. The minimum Gasteiger partial charge on any atom is -0.493 e.